The van der Waals surface area contributed by atoms with Gasteiger partial charge < -0.3 is 9.52 Å². The Morgan fingerprint density at radius 2 is 1.75 bits per heavy atom. The minimum absolute atomic E-state index is 0.241. The van der Waals surface area contributed by atoms with Gasteiger partial charge in [0.25, 0.3) is 0 Å². The zero-order chi connectivity index (χ0) is 16.7. The van der Waals surface area contributed by atoms with Crippen LogP contribution in [0.1, 0.15) is 18.2 Å². The molecule has 1 N–H and O–H groups in total. The molecule has 0 spiro atoms. The molecule has 0 saturated carbocycles. The van der Waals surface area contributed by atoms with E-state index < -0.39 is 0 Å². The van der Waals surface area contributed by atoms with E-state index in [4.69, 9.17) is 16.0 Å². The molecule has 0 saturated heterocycles. The number of allylic oxidation sites excluding steroid dienone is 1. The lowest BCUT2D eigenvalue weighted by atomic mass is 10.0. The van der Waals surface area contributed by atoms with Gasteiger partial charge >= 0.3 is 5.95 Å². The van der Waals surface area contributed by atoms with Gasteiger partial charge in [0.15, 0.2) is 0 Å². The smallest absolute Gasteiger partial charge is 0.310 e. The summed E-state index contributed by atoms with van der Waals surface area (Å²) in [5, 5.41) is 10.6. The number of para-hydroxylation sites is 1. The Hall–Kier alpha value is -2.85. The van der Waals surface area contributed by atoms with Crippen LogP contribution in [0.5, 0.6) is 5.95 Å². The normalized spacial score (nSPS) is 14.8. The Bertz CT molecular complexity index is 1000. The van der Waals surface area contributed by atoms with E-state index in [9.17, 15) is 5.11 Å². The van der Waals surface area contributed by atoms with Crippen LogP contribution >= 0.6 is 11.6 Å². The first-order chi connectivity index (χ1) is 11.6. The van der Waals surface area contributed by atoms with E-state index in [1.165, 1.54) is 0 Å². The molecule has 0 bridgehead atoms. The minimum atomic E-state index is -0.241. The zero-order valence-electron chi connectivity index (χ0n) is 12.8. The minimum Gasteiger partial charge on any atom is -0.479 e. The lowest BCUT2D eigenvalue weighted by Gasteiger charge is -1.99. The SMILES string of the molecule is CC1=Nc2ccccc2/C1=C/c1nc(-c2ccccc2Cl)oc1O. The van der Waals surface area contributed by atoms with Crippen molar-refractivity contribution in [1.29, 1.82) is 0 Å². The van der Waals surface area contributed by atoms with E-state index in [0.29, 0.717) is 16.3 Å². The van der Waals surface area contributed by atoms with Crippen LogP contribution in [0.2, 0.25) is 5.02 Å². The molecule has 0 radical (unpaired) electrons. The number of aromatic nitrogens is 1. The summed E-state index contributed by atoms with van der Waals surface area (Å²) in [5.74, 6) is 0.0421. The molecule has 3 aromatic rings. The van der Waals surface area contributed by atoms with Crippen molar-refractivity contribution in [3.8, 4) is 17.4 Å². The van der Waals surface area contributed by atoms with Crippen molar-refractivity contribution in [3.63, 3.8) is 0 Å². The first-order valence-electron chi connectivity index (χ1n) is 7.45. The van der Waals surface area contributed by atoms with Gasteiger partial charge in [-0.2, -0.15) is 0 Å². The monoisotopic (exact) mass is 336 g/mol. The van der Waals surface area contributed by atoms with Crippen molar-refractivity contribution in [2.75, 3.05) is 0 Å². The number of halogens is 1. The van der Waals surface area contributed by atoms with Crippen LogP contribution in [0.4, 0.5) is 5.69 Å². The highest BCUT2D eigenvalue weighted by molar-refractivity contribution is 6.33. The van der Waals surface area contributed by atoms with E-state index in [1.54, 1.807) is 18.2 Å². The molecule has 4 nitrogen and oxygen atoms in total. The molecule has 5 heteroatoms. The van der Waals surface area contributed by atoms with Gasteiger partial charge in [0.05, 0.1) is 16.3 Å². The van der Waals surface area contributed by atoms with Crippen LogP contribution in [0.15, 0.2) is 57.9 Å². The van der Waals surface area contributed by atoms with Crippen LogP contribution in [0.3, 0.4) is 0 Å². The largest absolute Gasteiger partial charge is 0.479 e. The number of rotatable bonds is 2. The van der Waals surface area contributed by atoms with Crippen molar-refractivity contribution in [3.05, 3.63) is 64.8 Å². The average molecular weight is 337 g/mol. The van der Waals surface area contributed by atoms with Gasteiger partial charge in [0.1, 0.15) is 5.69 Å². The van der Waals surface area contributed by atoms with Crippen molar-refractivity contribution >= 4 is 34.6 Å². The number of aromatic hydroxyl groups is 1. The van der Waals surface area contributed by atoms with Gasteiger partial charge in [-0.3, -0.25) is 4.99 Å². The number of nitrogens with zero attached hydrogens (tertiary/aromatic N) is 2. The maximum Gasteiger partial charge on any atom is 0.310 e. The predicted octanol–water partition coefficient (Wildman–Crippen LogP) is 5.35. The second kappa shape index (κ2) is 5.65. The third kappa shape index (κ3) is 2.41. The van der Waals surface area contributed by atoms with E-state index in [1.807, 2.05) is 43.3 Å². The highest BCUT2D eigenvalue weighted by atomic mass is 35.5. The summed E-state index contributed by atoms with van der Waals surface area (Å²) in [7, 11) is 0. The lowest BCUT2D eigenvalue weighted by Crippen LogP contribution is -1.90. The van der Waals surface area contributed by atoms with E-state index in [-0.39, 0.29) is 11.8 Å². The van der Waals surface area contributed by atoms with Crippen LogP contribution < -0.4 is 0 Å². The average Bonchev–Trinajstić information content (AvgIpc) is 3.09. The summed E-state index contributed by atoms with van der Waals surface area (Å²) in [6, 6.07) is 15.1. The maximum absolute atomic E-state index is 10.1. The number of oxazole rings is 1. The van der Waals surface area contributed by atoms with Gasteiger partial charge in [0, 0.05) is 16.8 Å². The Balaban J connectivity index is 1.80. The van der Waals surface area contributed by atoms with Crippen LogP contribution in [-0.4, -0.2) is 15.8 Å². The molecular formula is C19H13ClN2O2. The van der Waals surface area contributed by atoms with E-state index in [2.05, 4.69) is 9.98 Å². The number of hydrogen-bond acceptors (Lipinski definition) is 4. The second-order valence-electron chi connectivity index (χ2n) is 5.46. The molecule has 1 aliphatic heterocycles. The van der Waals surface area contributed by atoms with Crippen LogP contribution in [0.25, 0.3) is 23.1 Å². The van der Waals surface area contributed by atoms with Crippen molar-refractivity contribution in [1.82, 2.24) is 4.98 Å². The molecule has 0 atom stereocenters. The van der Waals surface area contributed by atoms with Crippen molar-refractivity contribution in [2.45, 2.75) is 6.92 Å². The van der Waals surface area contributed by atoms with Gasteiger partial charge in [0.2, 0.25) is 5.89 Å². The molecule has 0 fully saturated rings. The summed E-state index contributed by atoms with van der Waals surface area (Å²) in [4.78, 5) is 8.90. The van der Waals surface area contributed by atoms with Crippen molar-refractivity contribution in [2.24, 2.45) is 4.99 Å². The summed E-state index contributed by atoms with van der Waals surface area (Å²) in [6.07, 6.45) is 1.78. The number of benzene rings is 2. The highest BCUT2D eigenvalue weighted by Gasteiger charge is 2.20. The molecule has 4 rings (SSSR count). The number of aliphatic imine (C=N–C) groups is 1. The topological polar surface area (TPSA) is 58.6 Å². The number of fused-ring (bicyclic) bond motifs is 1. The fourth-order valence-corrected chi connectivity index (χ4v) is 2.94. The fraction of sp³-hybridized carbons (Fsp3) is 0.0526. The zero-order valence-corrected chi connectivity index (χ0v) is 13.6. The van der Waals surface area contributed by atoms with Crippen molar-refractivity contribution < 1.29 is 9.52 Å². The summed E-state index contributed by atoms with van der Waals surface area (Å²) < 4.78 is 5.39. The van der Waals surface area contributed by atoms with E-state index >= 15 is 0 Å². The molecule has 0 amide bonds. The Kier molecular flexibility index (Phi) is 3.47. The lowest BCUT2D eigenvalue weighted by molar-refractivity contribution is 0.336. The van der Waals surface area contributed by atoms with Gasteiger partial charge in [-0.05, 0) is 31.2 Å². The Morgan fingerprint density at radius 1 is 1.04 bits per heavy atom. The Labute approximate surface area is 143 Å². The molecule has 24 heavy (non-hydrogen) atoms. The Morgan fingerprint density at radius 3 is 2.54 bits per heavy atom. The number of hydrogen-bond donors (Lipinski definition) is 1. The highest BCUT2D eigenvalue weighted by Crippen LogP contribution is 2.38. The van der Waals surface area contributed by atoms with Gasteiger partial charge in [-0.15, -0.1) is 0 Å². The van der Waals surface area contributed by atoms with Crippen LogP contribution in [-0.2, 0) is 0 Å². The molecule has 118 valence electrons. The first kappa shape index (κ1) is 14.7. The molecule has 0 unspecified atom stereocenters. The quantitative estimate of drug-likeness (QED) is 0.686. The molecular weight excluding hydrogens is 324 g/mol. The first-order valence-corrected chi connectivity index (χ1v) is 7.83. The fourth-order valence-electron chi connectivity index (χ4n) is 2.72. The van der Waals surface area contributed by atoms with E-state index in [0.717, 1.165) is 22.5 Å². The molecule has 2 heterocycles. The van der Waals surface area contributed by atoms with Crippen LogP contribution in [0, 0.1) is 0 Å². The molecule has 1 aliphatic rings. The molecule has 2 aromatic carbocycles. The summed E-state index contributed by atoms with van der Waals surface area (Å²) in [6.45, 7) is 1.93. The second-order valence-corrected chi connectivity index (χ2v) is 5.87. The maximum atomic E-state index is 10.1. The predicted molar refractivity (Wildman–Crippen MR) is 95.7 cm³/mol. The van der Waals surface area contributed by atoms with Gasteiger partial charge in [-0.1, -0.05) is 41.9 Å². The standard InChI is InChI=1S/C19H13ClN2O2/c1-11-14(12-6-3-5-9-16(12)21-11)10-17-19(23)24-18(22-17)13-7-2-4-8-15(13)20/h2-10,23H,1H3/b14-10+. The summed E-state index contributed by atoms with van der Waals surface area (Å²) >= 11 is 6.16. The third-order valence-corrected chi connectivity index (χ3v) is 4.22. The third-order valence-electron chi connectivity index (χ3n) is 3.89. The molecule has 1 aromatic heterocycles. The van der Waals surface area contributed by atoms with Gasteiger partial charge in [-0.25, -0.2) is 4.98 Å². The molecule has 0 aliphatic carbocycles. The summed E-state index contributed by atoms with van der Waals surface area (Å²) in [5.41, 5.74) is 4.70.